The van der Waals surface area contributed by atoms with Gasteiger partial charge in [-0.2, -0.15) is 0 Å². The van der Waals surface area contributed by atoms with Crippen molar-refractivity contribution in [2.75, 3.05) is 5.73 Å². The summed E-state index contributed by atoms with van der Waals surface area (Å²) in [7, 11) is -3.87. The van der Waals surface area contributed by atoms with Crippen LogP contribution in [-0.4, -0.2) is 20.5 Å². The molecule has 4 N–H and O–H groups in total. The van der Waals surface area contributed by atoms with Gasteiger partial charge >= 0.3 is 6.03 Å². The first-order valence-electron chi connectivity index (χ1n) is 5.58. The highest BCUT2D eigenvalue weighted by molar-refractivity contribution is 7.90. The lowest BCUT2D eigenvalue weighted by atomic mass is 10.2. The van der Waals surface area contributed by atoms with Gasteiger partial charge in [-0.3, -0.25) is 0 Å². The number of anilines is 1. The third-order valence-electron chi connectivity index (χ3n) is 2.64. The summed E-state index contributed by atoms with van der Waals surface area (Å²) < 4.78 is 26.0. The summed E-state index contributed by atoms with van der Waals surface area (Å²) in [5.41, 5.74) is 6.43. The Bertz CT molecular complexity index is 579. The number of nitrogens with one attached hydrogen (secondary N) is 2. The van der Waals surface area contributed by atoms with Crippen molar-refractivity contribution in [3.63, 3.8) is 0 Å². The Morgan fingerprint density at radius 2 is 2.06 bits per heavy atom. The standard InChI is InChI=1S/C11H15N3O3S/c1-7-2-3-8(12)6-10(7)18(16,17)14-11(15)13-9-4-5-9/h2-3,6,9H,4-5,12H2,1H3,(H2,13,14,15). The summed E-state index contributed by atoms with van der Waals surface area (Å²) in [6.07, 6.45) is 1.79. The quantitative estimate of drug-likeness (QED) is 0.704. The Labute approximate surface area is 106 Å². The van der Waals surface area contributed by atoms with E-state index in [1.807, 2.05) is 4.72 Å². The second kappa shape index (κ2) is 4.49. The zero-order valence-electron chi connectivity index (χ0n) is 9.93. The molecule has 6 nitrogen and oxygen atoms in total. The summed E-state index contributed by atoms with van der Waals surface area (Å²) in [6, 6.07) is 3.95. The van der Waals surface area contributed by atoms with Crippen molar-refractivity contribution >= 4 is 21.7 Å². The maximum Gasteiger partial charge on any atom is 0.328 e. The first-order chi connectivity index (χ1) is 8.38. The fraction of sp³-hybridized carbons (Fsp3) is 0.364. The van der Waals surface area contributed by atoms with Gasteiger partial charge in [0.1, 0.15) is 0 Å². The molecule has 1 aliphatic rings. The molecule has 0 atom stereocenters. The number of hydrogen-bond donors (Lipinski definition) is 3. The lowest BCUT2D eigenvalue weighted by Gasteiger charge is -2.10. The topological polar surface area (TPSA) is 101 Å². The number of benzene rings is 1. The second-order valence-electron chi connectivity index (χ2n) is 4.38. The molecule has 1 aromatic carbocycles. The van der Waals surface area contributed by atoms with E-state index >= 15 is 0 Å². The molecular weight excluding hydrogens is 254 g/mol. The summed E-state index contributed by atoms with van der Waals surface area (Å²) >= 11 is 0. The van der Waals surface area contributed by atoms with Gasteiger partial charge in [0.15, 0.2) is 0 Å². The van der Waals surface area contributed by atoms with Gasteiger partial charge in [-0.1, -0.05) is 6.07 Å². The number of carbonyl (C=O) groups is 1. The monoisotopic (exact) mass is 269 g/mol. The van der Waals surface area contributed by atoms with Crippen molar-refractivity contribution in [1.29, 1.82) is 0 Å². The number of amides is 2. The minimum Gasteiger partial charge on any atom is -0.399 e. The average Bonchev–Trinajstić information content (AvgIpc) is 3.04. The lowest BCUT2D eigenvalue weighted by molar-refractivity contribution is 0.245. The van der Waals surface area contributed by atoms with Crippen molar-refractivity contribution in [3.05, 3.63) is 23.8 Å². The molecule has 0 spiro atoms. The lowest BCUT2D eigenvalue weighted by Crippen LogP contribution is -2.40. The van der Waals surface area contributed by atoms with Crippen LogP contribution < -0.4 is 15.8 Å². The van der Waals surface area contributed by atoms with Crippen LogP contribution in [0.3, 0.4) is 0 Å². The van der Waals surface area contributed by atoms with E-state index in [1.165, 1.54) is 6.07 Å². The number of sulfonamides is 1. The van der Waals surface area contributed by atoms with E-state index in [1.54, 1.807) is 19.1 Å². The largest absolute Gasteiger partial charge is 0.399 e. The summed E-state index contributed by atoms with van der Waals surface area (Å²) in [5.74, 6) is 0. The molecule has 7 heteroatoms. The van der Waals surface area contributed by atoms with Crippen LogP contribution in [0.5, 0.6) is 0 Å². The number of aryl methyl sites for hydroxylation is 1. The predicted molar refractivity (Wildman–Crippen MR) is 67.5 cm³/mol. The molecule has 0 aromatic heterocycles. The van der Waals surface area contributed by atoms with Crippen LogP contribution in [-0.2, 0) is 10.0 Å². The Hall–Kier alpha value is -1.76. The number of rotatable bonds is 3. The van der Waals surface area contributed by atoms with Gasteiger partial charge in [-0.15, -0.1) is 0 Å². The Morgan fingerprint density at radius 1 is 1.39 bits per heavy atom. The van der Waals surface area contributed by atoms with Gasteiger partial charge in [-0.25, -0.2) is 17.9 Å². The average molecular weight is 269 g/mol. The maximum absolute atomic E-state index is 12.0. The summed E-state index contributed by atoms with van der Waals surface area (Å²) in [4.78, 5) is 11.5. The molecule has 0 saturated heterocycles. The van der Waals surface area contributed by atoms with Crippen molar-refractivity contribution in [2.24, 2.45) is 0 Å². The normalized spacial score (nSPS) is 15.2. The van der Waals surface area contributed by atoms with Gasteiger partial charge in [0.25, 0.3) is 10.0 Å². The van der Waals surface area contributed by atoms with Crippen LogP contribution in [0, 0.1) is 6.92 Å². The molecule has 0 bridgehead atoms. The van der Waals surface area contributed by atoms with Crippen LogP contribution in [0.1, 0.15) is 18.4 Å². The van der Waals surface area contributed by atoms with Crippen LogP contribution in [0.15, 0.2) is 23.1 Å². The molecule has 0 radical (unpaired) electrons. The first kappa shape index (κ1) is 12.7. The second-order valence-corrected chi connectivity index (χ2v) is 6.03. The summed E-state index contributed by atoms with van der Waals surface area (Å²) in [6.45, 7) is 1.65. The van der Waals surface area contributed by atoms with E-state index in [4.69, 9.17) is 5.73 Å². The zero-order valence-corrected chi connectivity index (χ0v) is 10.8. The highest BCUT2D eigenvalue weighted by Crippen LogP contribution is 2.20. The molecule has 2 amide bonds. The molecule has 1 fully saturated rings. The number of urea groups is 1. The SMILES string of the molecule is Cc1ccc(N)cc1S(=O)(=O)NC(=O)NC1CC1. The van der Waals surface area contributed by atoms with Crippen molar-refractivity contribution < 1.29 is 13.2 Å². The molecule has 0 heterocycles. The van der Waals surface area contributed by atoms with Gasteiger partial charge in [-0.05, 0) is 37.5 Å². The zero-order chi connectivity index (χ0) is 13.3. The highest BCUT2D eigenvalue weighted by Gasteiger charge is 2.26. The summed E-state index contributed by atoms with van der Waals surface area (Å²) in [5, 5.41) is 2.55. The number of hydrogen-bond acceptors (Lipinski definition) is 4. The third kappa shape index (κ3) is 2.92. The maximum atomic E-state index is 12.0. The van der Waals surface area contributed by atoms with Gasteiger partial charge in [0.05, 0.1) is 4.90 Å². The highest BCUT2D eigenvalue weighted by atomic mass is 32.2. The molecule has 2 rings (SSSR count). The van der Waals surface area contributed by atoms with E-state index in [0.29, 0.717) is 11.3 Å². The van der Waals surface area contributed by atoms with Crippen LogP contribution in [0.2, 0.25) is 0 Å². The van der Waals surface area contributed by atoms with Gasteiger partial charge in [0, 0.05) is 11.7 Å². The molecule has 1 saturated carbocycles. The van der Waals surface area contributed by atoms with Crippen molar-refractivity contribution in [1.82, 2.24) is 10.0 Å². The number of carbonyl (C=O) groups excluding carboxylic acids is 1. The molecule has 1 aliphatic carbocycles. The predicted octanol–water partition coefficient (Wildman–Crippen LogP) is 0.728. The minimum atomic E-state index is -3.87. The van der Waals surface area contributed by atoms with Crippen molar-refractivity contribution in [3.8, 4) is 0 Å². The molecule has 18 heavy (non-hydrogen) atoms. The van der Waals surface area contributed by atoms with E-state index in [-0.39, 0.29) is 10.9 Å². The van der Waals surface area contributed by atoms with Crippen molar-refractivity contribution in [2.45, 2.75) is 30.7 Å². The molecule has 0 aliphatic heterocycles. The van der Waals surface area contributed by atoms with Gasteiger partial charge < -0.3 is 11.1 Å². The Morgan fingerprint density at radius 3 is 2.67 bits per heavy atom. The van der Waals surface area contributed by atoms with Crippen LogP contribution in [0.25, 0.3) is 0 Å². The molecular formula is C11H15N3O3S. The molecule has 98 valence electrons. The Balaban J connectivity index is 2.18. The minimum absolute atomic E-state index is 0.0217. The third-order valence-corrected chi connectivity index (χ3v) is 4.11. The van der Waals surface area contributed by atoms with E-state index < -0.39 is 16.1 Å². The number of nitrogens with two attached hydrogens (primary N) is 1. The molecule has 1 aromatic rings. The first-order valence-corrected chi connectivity index (χ1v) is 7.06. The fourth-order valence-corrected chi connectivity index (χ4v) is 2.72. The number of nitrogen functional groups attached to an aromatic ring is 1. The van der Waals surface area contributed by atoms with E-state index in [9.17, 15) is 13.2 Å². The smallest absolute Gasteiger partial charge is 0.328 e. The van der Waals surface area contributed by atoms with Gasteiger partial charge in [0.2, 0.25) is 0 Å². The van der Waals surface area contributed by atoms with Crippen LogP contribution in [0.4, 0.5) is 10.5 Å². The van der Waals surface area contributed by atoms with E-state index in [0.717, 1.165) is 12.8 Å². The fourth-order valence-electron chi connectivity index (χ4n) is 1.53. The van der Waals surface area contributed by atoms with Crippen LogP contribution >= 0.6 is 0 Å². The Kier molecular flexibility index (Phi) is 3.16. The van der Waals surface area contributed by atoms with E-state index in [2.05, 4.69) is 5.32 Å². The molecule has 0 unspecified atom stereocenters.